The van der Waals surface area contributed by atoms with Crippen LogP contribution in [0.2, 0.25) is 0 Å². The minimum Gasteiger partial charge on any atom is -0.334 e. The average molecular weight is 322 g/mol. The fourth-order valence-electron chi connectivity index (χ4n) is 3.19. The van der Waals surface area contributed by atoms with Crippen LogP contribution in [-0.2, 0) is 4.79 Å². The van der Waals surface area contributed by atoms with E-state index in [1.165, 1.54) is 0 Å². The van der Waals surface area contributed by atoms with E-state index in [1.54, 1.807) is 0 Å². The van der Waals surface area contributed by atoms with Crippen molar-refractivity contribution in [2.45, 2.75) is 19.4 Å². The van der Waals surface area contributed by atoms with Crippen LogP contribution >= 0.6 is 0 Å². The van der Waals surface area contributed by atoms with Crippen LogP contribution in [-0.4, -0.2) is 41.2 Å². The lowest BCUT2D eigenvalue weighted by molar-refractivity contribution is -0.135. The maximum atomic E-state index is 12.7. The van der Waals surface area contributed by atoms with Gasteiger partial charge in [0, 0.05) is 31.6 Å². The Morgan fingerprint density at radius 2 is 1.58 bits per heavy atom. The van der Waals surface area contributed by atoms with Gasteiger partial charge in [0.05, 0.1) is 6.04 Å². The van der Waals surface area contributed by atoms with Crippen LogP contribution in [0, 0.1) is 0 Å². The van der Waals surface area contributed by atoms with E-state index in [4.69, 9.17) is 0 Å². The molecule has 0 N–H and O–H groups in total. The quantitative estimate of drug-likeness (QED) is 0.871. The molecule has 2 aromatic carbocycles. The third-order valence-electron chi connectivity index (χ3n) is 4.50. The maximum absolute atomic E-state index is 12.7. The summed E-state index contributed by atoms with van der Waals surface area (Å²) in [4.78, 5) is 28.8. The van der Waals surface area contributed by atoms with Gasteiger partial charge < -0.3 is 9.80 Å². The van der Waals surface area contributed by atoms with Crippen molar-refractivity contribution in [2.75, 3.05) is 19.6 Å². The molecule has 0 saturated carbocycles. The van der Waals surface area contributed by atoms with Gasteiger partial charge in [0.25, 0.3) is 5.91 Å². The van der Waals surface area contributed by atoms with E-state index in [2.05, 4.69) is 0 Å². The first kappa shape index (κ1) is 16.2. The molecular formula is C20H22N2O2. The van der Waals surface area contributed by atoms with Crippen molar-refractivity contribution in [3.63, 3.8) is 0 Å². The van der Waals surface area contributed by atoms with Gasteiger partial charge in [-0.05, 0) is 17.7 Å². The zero-order valence-corrected chi connectivity index (χ0v) is 13.9. The Bertz CT molecular complexity index is 700. The van der Waals surface area contributed by atoms with E-state index in [0.29, 0.717) is 31.6 Å². The van der Waals surface area contributed by atoms with Gasteiger partial charge in [-0.15, -0.1) is 0 Å². The van der Waals surface area contributed by atoms with Crippen LogP contribution in [0.1, 0.15) is 35.3 Å². The first-order chi connectivity index (χ1) is 11.7. The molecule has 1 atom stereocenters. The Morgan fingerprint density at radius 1 is 0.958 bits per heavy atom. The van der Waals surface area contributed by atoms with Crippen molar-refractivity contribution in [1.82, 2.24) is 9.80 Å². The molecule has 1 saturated heterocycles. The van der Waals surface area contributed by atoms with Crippen LogP contribution in [0.5, 0.6) is 0 Å². The number of carbonyl (C=O) groups excluding carboxylic acids is 2. The molecule has 0 aliphatic carbocycles. The summed E-state index contributed by atoms with van der Waals surface area (Å²) in [5.74, 6) is 0.163. The largest absolute Gasteiger partial charge is 0.334 e. The van der Waals surface area contributed by atoms with E-state index >= 15 is 0 Å². The smallest absolute Gasteiger partial charge is 0.253 e. The molecule has 2 aromatic rings. The van der Waals surface area contributed by atoms with E-state index < -0.39 is 0 Å². The number of hydrogen-bond acceptors (Lipinski definition) is 2. The van der Waals surface area contributed by atoms with E-state index in [9.17, 15) is 9.59 Å². The van der Waals surface area contributed by atoms with Crippen molar-refractivity contribution in [2.24, 2.45) is 0 Å². The Kier molecular flexibility index (Phi) is 4.94. The molecule has 0 bridgehead atoms. The van der Waals surface area contributed by atoms with Gasteiger partial charge in [-0.25, -0.2) is 0 Å². The molecule has 2 amide bonds. The van der Waals surface area contributed by atoms with E-state index in [1.807, 2.05) is 77.4 Å². The maximum Gasteiger partial charge on any atom is 0.253 e. The zero-order chi connectivity index (χ0) is 16.9. The fourth-order valence-corrected chi connectivity index (χ4v) is 3.19. The van der Waals surface area contributed by atoms with Gasteiger partial charge in [-0.1, -0.05) is 55.5 Å². The molecule has 3 rings (SSSR count). The molecule has 0 radical (unpaired) electrons. The number of nitrogens with zero attached hydrogens (tertiary/aromatic N) is 2. The van der Waals surface area contributed by atoms with Crippen molar-refractivity contribution >= 4 is 11.8 Å². The number of amides is 2. The molecule has 0 aromatic heterocycles. The molecule has 1 heterocycles. The number of piperazine rings is 1. The summed E-state index contributed by atoms with van der Waals surface area (Å²) >= 11 is 0. The lowest BCUT2D eigenvalue weighted by Gasteiger charge is -2.41. The number of carbonyl (C=O) groups is 2. The summed E-state index contributed by atoms with van der Waals surface area (Å²) in [6, 6.07) is 19.2. The van der Waals surface area contributed by atoms with E-state index in [0.717, 1.165) is 5.56 Å². The van der Waals surface area contributed by atoms with Gasteiger partial charge in [0.2, 0.25) is 5.91 Å². The minimum atomic E-state index is -0.0833. The molecular weight excluding hydrogens is 300 g/mol. The first-order valence-electron chi connectivity index (χ1n) is 8.39. The average Bonchev–Trinajstić information content (AvgIpc) is 2.67. The van der Waals surface area contributed by atoms with Crippen molar-refractivity contribution in [3.8, 4) is 0 Å². The molecule has 4 nitrogen and oxygen atoms in total. The second kappa shape index (κ2) is 7.30. The Balaban J connectivity index is 1.84. The predicted octanol–water partition coefficient (Wildman–Crippen LogP) is 3.12. The second-order valence-corrected chi connectivity index (χ2v) is 5.98. The lowest BCUT2D eigenvalue weighted by atomic mass is 10.0. The topological polar surface area (TPSA) is 40.6 Å². The predicted molar refractivity (Wildman–Crippen MR) is 93.5 cm³/mol. The normalized spacial score (nSPS) is 17.6. The molecule has 1 aliphatic rings. The minimum absolute atomic E-state index is 0.0279. The van der Waals surface area contributed by atoms with Crippen molar-refractivity contribution < 1.29 is 9.59 Å². The van der Waals surface area contributed by atoms with Crippen LogP contribution < -0.4 is 0 Å². The second-order valence-electron chi connectivity index (χ2n) is 5.98. The summed E-state index contributed by atoms with van der Waals surface area (Å²) in [7, 11) is 0. The zero-order valence-electron chi connectivity index (χ0n) is 13.9. The molecule has 1 fully saturated rings. The van der Waals surface area contributed by atoms with Crippen LogP contribution in [0.3, 0.4) is 0 Å². The molecule has 4 heteroatoms. The molecule has 24 heavy (non-hydrogen) atoms. The third-order valence-corrected chi connectivity index (χ3v) is 4.50. The SMILES string of the molecule is CCC(=O)N1CCN(C(=O)c2ccccc2)C[C@@H]1c1ccccc1. The van der Waals surface area contributed by atoms with Gasteiger partial charge in [0.1, 0.15) is 0 Å². The molecule has 0 spiro atoms. The van der Waals surface area contributed by atoms with Crippen molar-refractivity contribution in [3.05, 3.63) is 71.8 Å². The standard InChI is InChI=1S/C20H22N2O2/c1-2-19(23)22-14-13-21(20(24)17-11-7-4-8-12-17)15-18(22)16-9-5-3-6-10-16/h3-12,18H,2,13-15H2,1H3/t18-/m1/s1. The summed E-state index contributed by atoms with van der Waals surface area (Å²) in [6.07, 6.45) is 0.482. The van der Waals surface area contributed by atoms with Gasteiger partial charge in [-0.2, -0.15) is 0 Å². The summed E-state index contributed by atoms with van der Waals surface area (Å²) in [5, 5.41) is 0. The van der Waals surface area contributed by atoms with E-state index in [-0.39, 0.29) is 17.9 Å². The van der Waals surface area contributed by atoms with Crippen molar-refractivity contribution in [1.29, 1.82) is 0 Å². The highest BCUT2D eigenvalue weighted by Crippen LogP contribution is 2.27. The van der Waals surface area contributed by atoms with Gasteiger partial charge in [-0.3, -0.25) is 9.59 Å². The lowest BCUT2D eigenvalue weighted by Crippen LogP contribution is -2.52. The molecule has 0 unspecified atom stereocenters. The highest BCUT2D eigenvalue weighted by atomic mass is 16.2. The summed E-state index contributed by atoms with van der Waals surface area (Å²) < 4.78 is 0. The summed E-state index contributed by atoms with van der Waals surface area (Å²) in [6.45, 7) is 3.56. The highest BCUT2D eigenvalue weighted by molar-refractivity contribution is 5.94. The fraction of sp³-hybridized carbons (Fsp3) is 0.300. The van der Waals surface area contributed by atoms with Crippen LogP contribution in [0.25, 0.3) is 0 Å². The van der Waals surface area contributed by atoms with Gasteiger partial charge in [0.15, 0.2) is 0 Å². The number of benzene rings is 2. The summed E-state index contributed by atoms with van der Waals surface area (Å²) in [5.41, 5.74) is 1.77. The third kappa shape index (κ3) is 3.32. The van der Waals surface area contributed by atoms with Crippen LogP contribution in [0.15, 0.2) is 60.7 Å². The first-order valence-corrected chi connectivity index (χ1v) is 8.39. The Labute approximate surface area is 142 Å². The monoisotopic (exact) mass is 322 g/mol. The Hall–Kier alpha value is -2.62. The van der Waals surface area contributed by atoms with Gasteiger partial charge >= 0.3 is 0 Å². The van der Waals surface area contributed by atoms with Crippen LogP contribution in [0.4, 0.5) is 0 Å². The number of rotatable bonds is 3. The molecule has 124 valence electrons. The molecule has 1 aliphatic heterocycles. The number of hydrogen-bond donors (Lipinski definition) is 0. The highest BCUT2D eigenvalue weighted by Gasteiger charge is 2.32. The Morgan fingerprint density at radius 3 is 2.21 bits per heavy atom.